The fourth-order valence-electron chi connectivity index (χ4n) is 3.27. The number of benzene rings is 2. The first kappa shape index (κ1) is 22.5. The van der Waals surface area contributed by atoms with Gasteiger partial charge in [0.1, 0.15) is 0 Å². The van der Waals surface area contributed by atoms with E-state index in [1.54, 1.807) is 30.5 Å². The van der Waals surface area contributed by atoms with E-state index in [4.69, 9.17) is 4.74 Å². The van der Waals surface area contributed by atoms with E-state index >= 15 is 0 Å². The number of carbonyl (C=O) groups excluding carboxylic acids is 2. The van der Waals surface area contributed by atoms with E-state index in [2.05, 4.69) is 26.5 Å². The first-order chi connectivity index (χ1) is 14.8. The van der Waals surface area contributed by atoms with Crippen LogP contribution in [0.4, 0.5) is 0 Å². The van der Waals surface area contributed by atoms with Crippen molar-refractivity contribution >= 4 is 34.0 Å². The number of carbonyl (C=O) groups is 2. The van der Waals surface area contributed by atoms with Crippen molar-refractivity contribution in [2.24, 2.45) is 5.10 Å². The average Bonchev–Trinajstić information content (AvgIpc) is 3.00. The molecular formula is C24H24BrN3O3. The van der Waals surface area contributed by atoms with Gasteiger partial charge in [0.25, 0.3) is 5.91 Å². The zero-order valence-electron chi connectivity index (χ0n) is 17.8. The molecule has 0 spiro atoms. The predicted octanol–water partition coefficient (Wildman–Crippen LogP) is 5.19. The van der Waals surface area contributed by atoms with Crippen molar-refractivity contribution < 1.29 is 14.3 Å². The number of rotatable bonds is 6. The van der Waals surface area contributed by atoms with Crippen molar-refractivity contribution in [1.29, 1.82) is 0 Å². The van der Waals surface area contributed by atoms with Gasteiger partial charge >= 0.3 is 5.97 Å². The van der Waals surface area contributed by atoms with Gasteiger partial charge in [-0.15, -0.1) is 0 Å². The maximum absolute atomic E-state index is 12.6. The molecule has 0 saturated heterocycles. The standard InChI is InChI=1S/C24H24BrN3O3/c1-15(2)31-24(30)20-10-6-8-12-22(20)28-16(3)13-18(17(28)4)14-26-27-23(29)19-9-5-7-11-21(19)25/h5-15H,1-4H3,(H,27,29)/b26-14+. The van der Waals surface area contributed by atoms with Crippen LogP contribution in [0.3, 0.4) is 0 Å². The van der Waals surface area contributed by atoms with Gasteiger partial charge in [0.2, 0.25) is 0 Å². The van der Waals surface area contributed by atoms with Crippen LogP contribution >= 0.6 is 15.9 Å². The minimum absolute atomic E-state index is 0.205. The molecule has 0 bridgehead atoms. The molecule has 1 heterocycles. The lowest BCUT2D eigenvalue weighted by Crippen LogP contribution is -2.18. The molecule has 2 aromatic carbocycles. The Bertz CT molecular complexity index is 1150. The molecule has 1 N–H and O–H groups in total. The topological polar surface area (TPSA) is 72.7 Å². The lowest BCUT2D eigenvalue weighted by atomic mass is 10.1. The van der Waals surface area contributed by atoms with Crippen molar-refractivity contribution in [2.75, 3.05) is 0 Å². The average molecular weight is 482 g/mol. The largest absolute Gasteiger partial charge is 0.459 e. The van der Waals surface area contributed by atoms with Crippen LogP contribution < -0.4 is 5.43 Å². The van der Waals surface area contributed by atoms with E-state index in [1.165, 1.54) is 0 Å². The predicted molar refractivity (Wildman–Crippen MR) is 125 cm³/mol. The lowest BCUT2D eigenvalue weighted by molar-refractivity contribution is 0.0378. The molecule has 31 heavy (non-hydrogen) atoms. The minimum atomic E-state index is -0.367. The van der Waals surface area contributed by atoms with Gasteiger partial charge in [-0.2, -0.15) is 5.10 Å². The highest BCUT2D eigenvalue weighted by Gasteiger charge is 2.18. The van der Waals surface area contributed by atoms with E-state index < -0.39 is 0 Å². The SMILES string of the molecule is Cc1cc(/C=N/NC(=O)c2ccccc2Br)c(C)n1-c1ccccc1C(=O)OC(C)C. The number of amides is 1. The van der Waals surface area contributed by atoms with Crippen LogP contribution in [0, 0.1) is 13.8 Å². The fourth-order valence-corrected chi connectivity index (χ4v) is 3.74. The summed E-state index contributed by atoms with van der Waals surface area (Å²) in [5.74, 6) is -0.673. The molecule has 3 aromatic rings. The first-order valence-corrected chi connectivity index (χ1v) is 10.7. The molecule has 0 saturated carbocycles. The number of esters is 1. The van der Waals surface area contributed by atoms with E-state index in [0.717, 1.165) is 22.6 Å². The smallest absolute Gasteiger partial charge is 0.340 e. The fraction of sp³-hybridized carbons (Fsp3) is 0.208. The monoisotopic (exact) mass is 481 g/mol. The van der Waals surface area contributed by atoms with Crippen molar-refractivity contribution in [3.05, 3.63) is 87.1 Å². The van der Waals surface area contributed by atoms with E-state index in [0.29, 0.717) is 15.6 Å². The third kappa shape index (κ3) is 5.11. The summed E-state index contributed by atoms with van der Waals surface area (Å²) in [5.41, 5.74) is 6.93. The van der Waals surface area contributed by atoms with Crippen LogP contribution in [-0.2, 0) is 4.74 Å². The zero-order chi connectivity index (χ0) is 22.5. The number of hydrogen-bond acceptors (Lipinski definition) is 4. The van der Waals surface area contributed by atoms with Crippen LogP contribution in [0.2, 0.25) is 0 Å². The molecule has 0 aliphatic carbocycles. The molecular weight excluding hydrogens is 458 g/mol. The summed E-state index contributed by atoms with van der Waals surface area (Å²) < 4.78 is 8.08. The zero-order valence-corrected chi connectivity index (χ0v) is 19.4. The second kappa shape index (κ2) is 9.75. The maximum Gasteiger partial charge on any atom is 0.340 e. The highest BCUT2D eigenvalue weighted by Crippen LogP contribution is 2.24. The number of aromatic nitrogens is 1. The summed E-state index contributed by atoms with van der Waals surface area (Å²) >= 11 is 3.36. The summed E-state index contributed by atoms with van der Waals surface area (Å²) in [7, 11) is 0. The Kier molecular flexibility index (Phi) is 7.07. The van der Waals surface area contributed by atoms with Crippen molar-refractivity contribution in [1.82, 2.24) is 9.99 Å². The Morgan fingerprint density at radius 2 is 1.71 bits per heavy atom. The lowest BCUT2D eigenvalue weighted by Gasteiger charge is -2.15. The summed E-state index contributed by atoms with van der Waals surface area (Å²) in [4.78, 5) is 24.9. The maximum atomic E-state index is 12.6. The normalized spacial score (nSPS) is 11.2. The molecule has 0 unspecified atom stereocenters. The molecule has 7 heteroatoms. The van der Waals surface area contributed by atoms with Gasteiger partial charge in [-0.3, -0.25) is 4.79 Å². The van der Waals surface area contributed by atoms with E-state index in [1.807, 2.05) is 62.6 Å². The van der Waals surface area contributed by atoms with Crippen LogP contribution in [0.25, 0.3) is 5.69 Å². The molecule has 0 radical (unpaired) electrons. The molecule has 160 valence electrons. The number of halogens is 1. The summed E-state index contributed by atoms with van der Waals surface area (Å²) in [6, 6.07) is 16.4. The summed E-state index contributed by atoms with van der Waals surface area (Å²) in [5, 5.41) is 4.11. The van der Waals surface area contributed by atoms with Crippen molar-refractivity contribution in [3.63, 3.8) is 0 Å². The van der Waals surface area contributed by atoms with E-state index in [9.17, 15) is 9.59 Å². The molecule has 0 atom stereocenters. The molecule has 0 aliphatic rings. The number of hydrazone groups is 1. The Morgan fingerprint density at radius 1 is 1.06 bits per heavy atom. The highest BCUT2D eigenvalue weighted by molar-refractivity contribution is 9.10. The van der Waals surface area contributed by atoms with Crippen LogP contribution in [0.5, 0.6) is 0 Å². The Morgan fingerprint density at radius 3 is 2.39 bits per heavy atom. The van der Waals surface area contributed by atoms with Crippen LogP contribution in [0.1, 0.15) is 51.5 Å². The molecule has 3 rings (SSSR count). The van der Waals surface area contributed by atoms with Crippen molar-refractivity contribution in [2.45, 2.75) is 33.8 Å². The second-order valence-corrected chi connectivity index (χ2v) is 8.17. The molecule has 0 aliphatic heterocycles. The highest BCUT2D eigenvalue weighted by atomic mass is 79.9. The van der Waals surface area contributed by atoms with Gasteiger partial charge in [-0.1, -0.05) is 24.3 Å². The molecule has 6 nitrogen and oxygen atoms in total. The molecule has 1 amide bonds. The second-order valence-electron chi connectivity index (χ2n) is 7.31. The first-order valence-electron chi connectivity index (χ1n) is 9.87. The van der Waals surface area contributed by atoms with Gasteiger partial charge in [0.15, 0.2) is 0 Å². The quantitative estimate of drug-likeness (QED) is 0.299. The van der Waals surface area contributed by atoms with Crippen molar-refractivity contribution in [3.8, 4) is 5.69 Å². The molecule has 1 aromatic heterocycles. The van der Waals surface area contributed by atoms with Gasteiger partial charge < -0.3 is 9.30 Å². The number of aryl methyl sites for hydroxylation is 1. The van der Waals surface area contributed by atoms with Gasteiger partial charge in [0, 0.05) is 21.4 Å². The third-order valence-corrected chi connectivity index (χ3v) is 5.36. The summed E-state index contributed by atoms with van der Waals surface area (Å²) in [6.07, 6.45) is 1.39. The Hall–Kier alpha value is -3.19. The Balaban J connectivity index is 1.87. The Labute approximate surface area is 190 Å². The van der Waals surface area contributed by atoms with Gasteiger partial charge in [-0.05, 0) is 74.0 Å². The number of nitrogens with zero attached hydrogens (tertiary/aromatic N) is 2. The number of hydrogen-bond donors (Lipinski definition) is 1. The van der Waals surface area contributed by atoms with E-state index in [-0.39, 0.29) is 18.0 Å². The third-order valence-electron chi connectivity index (χ3n) is 4.67. The number of para-hydroxylation sites is 1. The molecule has 0 fully saturated rings. The van der Waals surface area contributed by atoms with Crippen LogP contribution in [0.15, 0.2) is 64.2 Å². The minimum Gasteiger partial charge on any atom is -0.459 e. The summed E-state index contributed by atoms with van der Waals surface area (Å²) in [6.45, 7) is 7.54. The van der Waals surface area contributed by atoms with Crippen LogP contribution in [-0.4, -0.2) is 28.8 Å². The number of nitrogens with one attached hydrogen (secondary N) is 1. The van der Waals surface area contributed by atoms with Gasteiger partial charge in [-0.25, -0.2) is 10.2 Å². The number of ether oxygens (including phenoxy) is 1. The van der Waals surface area contributed by atoms with Gasteiger partial charge in [0.05, 0.1) is 29.1 Å².